The maximum absolute atomic E-state index is 12.2. The highest BCUT2D eigenvalue weighted by Gasteiger charge is 2.21. The summed E-state index contributed by atoms with van der Waals surface area (Å²) in [7, 11) is 0. The summed E-state index contributed by atoms with van der Waals surface area (Å²) in [5.41, 5.74) is 5.53. The molecule has 2 aromatic carbocycles. The molecular weight excluding hydrogens is 350 g/mol. The Hall–Kier alpha value is -3.13. The molecule has 0 unspecified atom stereocenters. The largest absolute Gasteiger partial charge is 0.474 e. The van der Waals surface area contributed by atoms with Crippen molar-refractivity contribution < 1.29 is 19.2 Å². The van der Waals surface area contributed by atoms with Crippen LogP contribution in [0.4, 0.5) is 11.4 Å². The third-order valence-electron chi connectivity index (χ3n) is 3.23. The molecule has 3 N–H and O–H groups in total. The number of nitro benzene ring substituents is 1. The van der Waals surface area contributed by atoms with Gasteiger partial charge >= 0.3 is 5.69 Å². The van der Waals surface area contributed by atoms with Gasteiger partial charge in [0.2, 0.25) is 5.91 Å². The Morgan fingerprint density at radius 2 is 1.88 bits per heavy atom. The second kappa shape index (κ2) is 7.63. The summed E-state index contributed by atoms with van der Waals surface area (Å²) in [6.45, 7) is 1.45. The Morgan fingerprint density at radius 1 is 1.24 bits per heavy atom. The maximum Gasteiger partial charge on any atom is 0.312 e. The minimum Gasteiger partial charge on any atom is -0.474 e. The molecule has 0 heterocycles. The fourth-order valence-electron chi connectivity index (χ4n) is 1.94. The Labute approximate surface area is 147 Å². The van der Waals surface area contributed by atoms with Crippen LogP contribution in [0.5, 0.6) is 5.75 Å². The summed E-state index contributed by atoms with van der Waals surface area (Å²) in [6.07, 6.45) is -1.00. The van der Waals surface area contributed by atoms with Gasteiger partial charge in [0, 0.05) is 22.3 Å². The monoisotopic (exact) mass is 363 g/mol. The molecular formula is C16H14ClN3O5. The zero-order valence-corrected chi connectivity index (χ0v) is 13.8. The van der Waals surface area contributed by atoms with Gasteiger partial charge in [-0.15, -0.1) is 0 Å². The molecule has 0 saturated heterocycles. The molecule has 0 fully saturated rings. The highest BCUT2D eigenvalue weighted by molar-refractivity contribution is 6.30. The number of nitrogens with two attached hydrogens (primary N) is 1. The average Bonchev–Trinajstić information content (AvgIpc) is 2.56. The molecule has 130 valence electrons. The summed E-state index contributed by atoms with van der Waals surface area (Å²) >= 11 is 5.73. The van der Waals surface area contributed by atoms with Gasteiger partial charge in [-0.25, -0.2) is 0 Å². The van der Waals surface area contributed by atoms with Crippen LogP contribution >= 0.6 is 11.6 Å². The van der Waals surface area contributed by atoms with Crippen LogP contribution in [-0.4, -0.2) is 22.8 Å². The number of hydrogen-bond donors (Lipinski definition) is 2. The highest BCUT2D eigenvalue weighted by Crippen LogP contribution is 2.30. The van der Waals surface area contributed by atoms with Crippen molar-refractivity contribution >= 4 is 34.8 Å². The van der Waals surface area contributed by atoms with Gasteiger partial charge in [0.05, 0.1) is 4.92 Å². The fraction of sp³-hybridized carbons (Fsp3) is 0.125. The maximum atomic E-state index is 12.2. The van der Waals surface area contributed by atoms with E-state index in [0.717, 1.165) is 6.07 Å². The predicted molar refractivity (Wildman–Crippen MR) is 91.8 cm³/mol. The first-order valence-electron chi connectivity index (χ1n) is 7.09. The summed E-state index contributed by atoms with van der Waals surface area (Å²) in [5, 5.41) is 13.8. The number of primary amides is 1. The molecule has 9 heteroatoms. The van der Waals surface area contributed by atoms with Crippen LogP contribution in [0, 0.1) is 10.1 Å². The van der Waals surface area contributed by atoms with Gasteiger partial charge in [0.15, 0.2) is 11.9 Å². The molecule has 0 aliphatic heterocycles. The van der Waals surface area contributed by atoms with E-state index in [-0.39, 0.29) is 16.5 Å². The number of nitrogens with one attached hydrogen (secondary N) is 1. The Bertz CT molecular complexity index is 823. The molecule has 0 bridgehead atoms. The van der Waals surface area contributed by atoms with Crippen molar-refractivity contribution in [3.8, 4) is 5.75 Å². The first-order chi connectivity index (χ1) is 11.8. The van der Waals surface area contributed by atoms with E-state index in [0.29, 0.717) is 11.3 Å². The number of anilines is 1. The summed E-state index contributed by atoms with van der Waals surface area (Å²) in [6, 6.07) is 9.85. The van der Waals surface area contributed by atoms with Gasteiger partial charge in [-0.1, -0.05) is 11.6 Å². The third kappa shape index (κ3) is 4.67. The van der Waals surface area contributed by atoms with Crippen LogP contribution in [0.15, 0.2) is 42.5 Å². The number of hydrogen-bond acceptors (Lipinski definition) is 5. The minimum atomic E-state index is -1.00. The molecule has 0 aliphatic rings. The van der Waals surface area contributed by atoms with Crippen LogP contribution in [0.1, 0.15) is 17.3 Å². The van der Waals surface area contributed by atoms with Crippen LogP contribution in [0.3, 0.4) is 0 Å². The van der Waals surface area contributed by atoms with Gasteiger partial charge < -0.3 is 15.8 Å². The average molecular weight is 364 g/mol. The van der Waals surface area contributed by atoms with E-state index in [1.807, 2.05) is 0 Å². The highest BCUT2D eigenvalue weighted by atomic mass is 35.5. The zero-order valence-electron chi connectivity index (χ0n) is 13.1. The van der Waals surface area contributed by atoms with Crippen LogP contribution < -0.4 is 15.8 Å². The second-order valence-corrected chi connectivity index (χ2v) is 5.50. The minimum absolute atomic E-state index is 0.0684. The van der Waals surface area contributed by atoms with E-state index in [4.69, 9.17) is 22.1 Å². The lowest BCUT2D eigenvalue weighted by Gasteiger charge is -2.15. The van der Waals surface area contributed by atoms with Crippen LogP contribution in [-0.2, 0) is 4.79 Å². The molecule has 2 aromatic rings. The predicted octanol–water partition coefficient (Wildman–Crippen LogP) is 2.75. The Kier molecular flexibility index (Phi) is 5.56. The van der Waals surface area contributed by atoms with Crippen LogP contribution in [0.2, 0.25) is 5.02 Å². The standard InChI is InChI=1S/C16H14ClN3O5/c1-9(25-14-7-4-11(17)8-13(14)20(23)24)16(22)19-12-5-2-10(3-6-12)15(18)21/h2-9H,1H3,(H2,18,21)(H,19,22)/t9-/m0/s1. The van der Waals surface area contributed by atoms with E-state index in [9.17, 15) is 19.7 Å². The number of benzene rings is 2. The van der Waals surface area contributed by atoms with E-state index in [1.165, 1.54) is 43.3 Å². The second-order valence-electron chi connectivity index (χ2n) is 5.06. The molecule has 2 amide bonds. The number of carbonyl (C=O) groups excluding carboxylic acids is 2. The topological polar surface area (TPSA) is 125 Å². The summed E-state index contributed by atoms with van der Waals surface area (Å²) in [5.74, 6) is -1.16. The normalized spacial score (nSPS) is 11.4. The Balaban J connectivity index is 2.08. The van der Waals surface area contributed by atoms with Crippen LogP contribution in [0.25, 0.3) is 0 Å². The van der Waals surface area contributed by atoms with E-state index < -0.39 is 22.8 Å². The molecule has 1 atom stereocenters. The van der Waals surface area contributed by atoms with Crippen molar-refractivity contribution in [3.05, 3.63) is 63.2 Å². The van der Waals surface area contributed by atoms with Crippen molar-refractivity contribution in [1.29, 1.82) is 0 Å². The Morgan fingerprint density at radius 3 is 2.44 bits per heavy atom. The number of rotatable bonds is 6. The van der Waals surface area contributed by atoms with E-state index in [1.54, 1.807) is 0 Å². The lowest BCUT2D eigenvalue weighted by molar-refractivity contribution is -0.386. The molecule has 25 heavy (non-hydrogen) atoms. The van der Waals surface area contributed by atoms with E-state index in [2.05, 4.69) is 5.32 Å². The van der Waals surface area contributed by atoms with Crippen molar-refractivity contribution in [2.45, 2.75) is 13.0 Å². The molecule has 0 spiro atoms. The van der Waals surface area contributed by atoms with Gasteiger partial charge in [0.25, 0.3) is 5.91 Å². The van der Waals surface area contributed by atoms with Crippen molar-refractivity contribution in [1.82, 2.24) is 0 Å². The fourth-order valence-corrected chi connectivity index (χ4v) is 2.10. The SMILES string of the molecule is C[C@H](Oc1ccc(Cl)cc1[N+](=O)[O-])C(=O)Nc1ccc(C(N)=O)cc1. The quantitative estimate of drug-likeness (QED) is 0.603. The number of ether oxygens (including phenoxy) is 1. The summed E-state index contributed by atoms with van der Waals surface area (Å²) < 4.78 is 5.37. The third-order valence-corrected chi connectivity index (χ3v) is 3.46. The number of nitrogens with zero attached hydrogens (tertiary/aromatic N) is 1. The number of amides is 2. The molecule has 8 nitrogen and oxygen atoms in total. The van der Waals surface area contributed by atoms with Crippen molar-refractivity contribution in [2.75, 3.05) is 5.32 Å². The number of carbonyl (C=O) groups is 2. The lowest BCUT2D eigenvalue weighted by Crippen LogP contribution is -2.30. The van der Waals surface area contributed by atoms with Gasteiger partial charge in [-0.2, -0.15) is 0 Å². The number of nitro groups is 1. The first kappa shape index (κ1) is 18.2. The van der Waals surface area contributed by atoms with Gasteiger partial charge in [-0.3, -0.25) is 19.7 Å². The van der Waals surface area contributed by atoms with E-state index >= 15 is 0 Å². The molecule has 0 radical (unpaired) electrons. The van der Waals surface area contributed by atoms with Gasteiger partial charge in [-0.05, 0) is 43.3 Å². The molecule has 0 aromatic heterocycles. The summed E-state index contributed by atoms with van der Waals surface area (Å²) in [4.78, 5) is 33.6. The number of halogens is 1. The molecule has 0 saturated carbocycles. The smallest absolute Gasteiger partial charge is 0.312 e. The lowest BCUT2D eigenvalue weighted by atomic mass is 10.2. The zero-order chi connectivity index (χ0) is 18.6. The van der Waals surface area contributed by atoms with Crippen molar-refractivity contribution in [2.24, 2.45) is 5.73 Å². The van der Waals surface area contributed by atoms with Crippen molar-refractivity contribution in [3.63, 3.8) is 0 Å². The molecule has 0 aliphatic carbocycles. The first-order valence-corrected chi connectivity index (χ1v) is 7.47. The van der Waals surface area contributed by atoms with Gasteiger partial charge in [0.1, 0.15) is 0 Å². The molecule has 2 rings (SSSR count).